The Hall–Kier alpha value is -0.770. The number of hydrogen-bond donors (Lipinski definition) is 2. The van der Waals surface area contributed by atoms with Gasteiger partial charge in [-0.25, -0.2) is 0 Å². The first-order chi connectivity index (χ1) is 7.74. The number of ether oxygens (including phenoxy) is 1. The van der Waals surface area contributed by atoms with Gasteiger partial charge in [-0.05, 0) is 37.1 Å². The van der Waals surface area contributed by atoms with Crippen molar-refractivity contribution in [3.05, 3.63) is 29.3 Å². The third-order valence-corrected chi connectivity index (χ3v) is 3.13. The molecular formula is C12H16ClNO2. The van der Waals surface area contributed by atoms with Crippen LogP contribution in [0.1, 0.15) is 12.8 Å². The standard InChI is InChI=1S/C12H16ClNO2/c13-10-2-4-11(5-3-10)14-12(8-15)6-1-7-16-9-12/h2-5,14-15H,1,6-9H2. The van der Waals surface area contributed by atoms with Crippen LogP contribution in [0.25, 0.3) is 0 Å². The fraction of sp³-hybridized carbons (Fsp3) is 0.500. The molecule has 1 aliphatic rings. The molecule has 0 amide bonds. The van der Waals surface area contributed by atoms with Crippen LogP contribution >= 0.6 is 11.6 Å². The molecule has 2 N–H and O–H groups in total. The van der Waals surface area contributed by atoms with Gasteiger partial charge < -0.3 is 15.2 Å². The molecule has 0 saturated carbocycles. The molecule has 4 heteroatoms. The van der Waals surface area contributed by atoms with Gasteiger partial charge in [-0.1, -0.05) is 11.6 Å². The largest absolute Gasteiger partial charge is 0.394 e. The number of rotatable bonds is 3. The highest BCUT2D eigenvalue weighted by molar-refractivity contribution is 6.30. The molecule has 1 fully saturated rings. The molecule has 1 saturated heterocycles. The number of halogens is 1. The number of anilines is 1. The second-order valence-corrected chi connectivity index (χ2v) is 4.66. The Bertz CT molecular complexity index is 333. The van der Waals surface area contributed by atoms with E-state index in [0.29, 0.717) is 11.6 Å². The fourth-order valence-electron chi connectivity index (χ4n) is 1.95. The van der Waals surface area contributed by atoms with E-state index in [-0.39, 0.29) is 12.1 Å². The van der Waals surface area contributed by atoms with Gasteiger partial charge in [-0.3, -0.25) is 0 Å². The zero-order chi connectivity index (χ0) is 11.4. The first-order valence-electron chi connectivity index (χ1n) is 5.46. The van der Waals surface area contributed by atoms with Gasteiger partial charge in [-0.15, -0.1) is 0 Å². The molecule has 2 rings (SSSR count). The molecule has 88 valence electrons. The Morgan fingerprint density at radius 2 is 2.12 bits per heavy atom. The van der Waals surface area contributed by atoms with Crippen LogP contribution in [0.2, 0.25) is 5.02 Å². The summed E-state index contributed by atoms with van der Waals surface area (Å²) in [6.45, 7) is 1.41. The van der Waals surface area contributed by atoms with Gasteiger partial charge in [0.25, 0.3) is 0 Å². The molecular weight excluding hydrogens is 226 g/mol. The molecule has 1 aliphatic heterocycles. The summed E-state index contributed by atoms with van der Waals surface area (Å²) in [5.74, 6) is 0. The number of aliphatic hydroxyl groups is 1. The maximum absolute atomic E-state index is 9.49. The average Bonchev–Trinajstić information content (AvgIpc) is 2.33. The first-order valence-corrected chi connectivity index (χ1v) is 5.84. The molecule has 0 aliphatic carbocycles. The zero-order valence-corrected chi connectivity index (χ0v) is 9.83. The van der Waals surface area contributed by atoms with Crippen LogP contribution in [0.4, 0.5) is 5.69 Å². The van der Waals surface area contributed by atoms with Crippen LogP contribution < -0.4 is 5.32 Å². The van der Waals surface area contributed by atoms with Gasteiger partial charge in [0.2, 0.25) is 0 Å². The lowest BCUT2D eigenvalue weighted by Gasteiger charge is -2.37. The summed E-state index contributed by atoms with van der Waals surface area (Å²) in [4.78, 5) is 0. The zero-order valence-electron chi connectivity index (χ0n) is 9.08. The van der Waals surface area contributed by atoms with E-state index in [1.165, 1.54) is 0 Å². The molecule has 0 aromatic heterocycles. The molecule has 0 spiro atoms. The van der Waals surface area contributed by atoms with E-state index < -0.39 is 0 Å². The number of nitrogens with one attached hydrogen (secondary N) is 1. The molecule has 1 aromatic rings. The summed E-state index contributed by atoms with van der Waals surface area (Å²) >= 11 is 5.82. The van der Waals surface area contributed by atoms with E-state index >= 15 is 0 Å². The van der Waals surface area contributed by atoms with Crippen molar-refractivity contribution in [1.82, 2.24) is 0 Å². The van der Waals surface area contributed by atoms with E-state index in [9.17, 15) is 5.11 Å². The summed E-state index contributed by atoms with van der Waals surface area (Å²) in [6, 6.07) is 7.49. The predicted molar refractivity (Wildman–Crippen MR) is 64.9 cm³/mol. The lowest BCUT2D eigenvalue weighted by Crippen LogP contribution is -2.49. The van der Waals surface area contributed by atoms with Crippen molar-refractivity contribution in [3.63, 3.8) is 0 Å². The van der Waals surface area contributed by atoms with Crippen molar-refractivity contribution in [1.29, 1.82) is 0 Å². The second-order valence-electron chi connectivity index (χ2n) is 4.23. The van der Waals surface area contributed by atoms with Crippen molar-refractivity contribution < 1.29 is 9.84 Å². The van der Waals surface area contributed by atoms with Gasteiger partial charge in [0.05, 0.1) is 18.8 Å². The minimum atomic E-state index is -0.341. The Morgan fingerprint density at radius 1 is 1.38 bits per heavy atom. The lowest BCUT2D eigenvalue weighted by molar-refractivity contribution is 0.0217. The topological polar surface area (TPSA) is 41.5 Å². The van der Waals surface area contributed by atoms with Crippen LogP contribution in [-0.4, -0.2) is 30.5 Å². The summed E-state index contributed by atoms with van der Waals surface area (Å²) in [5.41, 5.74) is 0.621. The minimum Gasteiger partial charge on any atom is -0.394 e. The van der Waals surface area contributed by atoms with Crippen LogP contribution in [0.3, 0.4) is 0 Å². The number of aliphatic hydroxyl groups excluding tert-OH is 1. The van der Waals surface area contributed by atoms with Crippen LogP contribution in [-0.2, 0) is 4.74 Å². The Labute approximate surface area is 100 Å². The summed E-state index contributed by atoms with van der Waals surface area (Å²) in [6.07, 6.45) is 1.90. The van der Waals surface area contributed by atoms with Gasteiger partial charge in [-0.2, -0.15) is 0 Å². The highest BCUT2D eigenvalue weighted by atomic mass is 35.5. The van der Waals surface area contributed by atoms with Crippen LogP contribution in [0.5, 0.6) is 0 Å². The third kappa shape index (κ3) is 2.67. The molecule has 3 nitrogen and oxygen atoms in total. The summed E-state index contributed by atoms with van der Waals surface area (Å²) < 4.78 is 5.42. The number of benzene rings is 1. The van der Waals surface area contributed by atoms with Crippen molar-refractivity contribution in [2.24, 2.45) is 0 Å². The maximum Gasteiger partial charge on any atom is 0.0838 e. The van der Waals surface area contributed by atoms with E-state index in [4.69, 9.17) is 16.3 Å². The molecule has 1 aromatic carbocycles. The van der Waals surface area contributed by atoms with Gasteiger partial charge in [0, 0.05) is 17.3 Å². The fourth-order valence-corrected chi connectivity index (χ4v) is 2.08. The lowest BCUT2D eigenvalue weighted by atomic mass is 9.93. The van der Waals surface area contributed by atoms with E-state index in [1.54, 1.807) is 0 Å². The predicted octanol–water partition coefficient (Wildman–Crippen LogP) is 2.29. The van der Waals surface area contributed by atoms with E-state index in [2.05, 4.69) is 5.32 Å². The SMILES string of the molecule is OCC1(Nc2ccc(Cl)cc2)CCCOC1. The number of hydrogen-bond acceptors (Lipinski definition) is 3. The molecule has 1 heterocycles. The van der Waals surface area contributed by atoms with Crippen molar-refractivity contribution in [3.8, 4) is 0 Å². The Balaban J connectivity index is 2.08. The van der Waals surface area contributed by atoms with E-state index in [0.717, 1.165) is 25.1 Å². The van der Waals surface area contributed by atoms with Crippen molar-refractivity contribution in [2.45, 2.75) is 18.4 Å². The molecule has 0 radical (unpaired) electrons. The third-order valence-electron chi connectivity index (χ3n) is 2.88. The maximum atomic E-state index is 9.49. The monoisotopic (exact) mass is 241 g/mol. The smallest absolute Gasteiger partial charge is 0.0838 e. The molecule has 1 atom stereocenters. The quantitative estimate of drug-likeness (QED) is 0.853. The van der Waals surface area contributed by atoms with Crippen LogP contribution in [0.15, 0.2) is 24.3 Å². The highest BCUT2D eigenvalue weighted by Crippen LogP contribution is 2.25. The first kappa shape index (κ1) is 11.7. The Morgan fingerprint density at radius 3 is 2.69 bits per heavy atom. The molecule has 16 heavy (non-hydrogen) atoms. The minimum absolute atomic E-state index is 0.0790. The Kier molecular flexibility index (Phi) is 3.69. The molecule has 1 unspecified atom stereocenters. The summed E-state index contributed by atoms with van der Waals surface area (Å²) in [5, 5.41) is 13.5. The average molecular weight is 242 g/mol. The van der Waals surface area contributed by atoms with Crippen LogP contribution in [0, 0.1) is 0 Å². The molecule has 0 bridgehead atoms. The van der Waals surface area contributed by atoms with E-state index in [1.807, 2.05) is 24.3 Å². The highest BCUT2D eigenvalue weighted by Gasteiger charge is 2.31. The van der Waals surface area contributed by atoms with Gasteiger partial charge in [0.1, 0.15) is 0 Å². The summed E-state index contributed by atoms with van der Waals surface area (Å²) in [7, 11) is 0. The second kappa shape index (κ2) is 5.04. The van der Waals surface area contributed by atoms with Crippen molar-refractivity contribution in [2.75, 3.05) is 25.1 Å². The van der Waals surface area contributed by atoms with Gasteiger partial charge >= 0.3 is 0 Å². The normalized spacial score (nSPS) is 25.4. The van der Waals surface area contributed by atoms with Gasteiger partial charge in [0.15, 0.2) is 0 Å². The van der Waals surface area contributed by atoms with Crippen molar-refractivity contribution >= 4 is 17.3 Å².